The van der Waals surface area contributed by atoms with E-state index in [1.165, 1.54) is 19.2 Å². The molecule has 0 spiro atoms. The van der Waals surface area contributed by atoms with Gasteiger partial charge in [-0.1, -0.05) is 12.1 Å². The molecule has 2 N–H and O–H groups in total. The standard InChI is InChI=1S/C8H9N3O2/c1-10-8(9)6-3-2-4-7(5-6)11(12)13/h2-5H,1H3,(H2,9,10). The molecule has 0 saturated heterocycles. The highest BCUT2D eigenvalue weighted by molar-refractivity contribution is 5.97. The van der Waals surface area contributed by atoms with Crippen LogP contribution in [0.4, 0.5) is 5.69 Å². The van der Waals surface area contributed by atoms with Crippen molar-refractivity contribution in [2.45, 2.75) is 0 Å². The molecule has 0 radical (unpaired) electrons. The van der Waals surface area contributed by atoms with Crippen LogP contribution in [0.15, 0.2) is 29.3 Å². The molecule has 0 fully saturated rings. The van der Waals surface area contributed by atoms with Crippen molar-refractivity contribution >= 4 is 11.5 Å². The van der Waals surface area contributed by atoms with Crippen LogP contribution in [-0.2, 0) is 0 Å². The van der Waals surface area contributed by atoms with Crippen molar-refractivity contribution in [3.05, 3.63) is 39.9 Å². The first-order valence-electron chi connectivity index (χ1n) is 3.62. The fraction of sp³-hybridized carbons (Fsp3) is 0.125. The highest BCUT2D eigenvalue weighted by Crippen LogP contribution is 2.12. The summed E-state index contributed by atoms with van der Waals surface area (Å²) in [6, 6.07) is 6.05. The molecular formula is C8H9N3O2. The van der Waals surface area contributed by atoms with Crippen LogP contribution in [0, 0.1) is 10.1 Å². The minimum absolute atomic E-state index is 0.0177. The number of benzene rings is 1. The first-order chi connectivity index (χ1) is 6.15. The van der Waals surface area contributed by atoms with Gasteiger partial charge >= 0.3 is 0 Å². The van der Waals surface area contributed by atoms with Crippen molar-refractivity contribution in [2.75, 3.05) is 7.05 Å². The average molecular weight is 179 g/mol. The van der Waals surface area contributed by atoms with E-state index in [0.29, 0.717) is 11.4 Å². The maximum Gasteiger partial charge on any atom is 0.270 e. The molecular weight excluding hydrogens is 170 g/mol. The smallest absolute Gasteiger partial charge is 0.270 e. The Bertz CT molecular complexity index is 360. The summed E-state index contributed by atoms with van der Waals surface area (Å²) in [5.41, 5.74) is 6.07. The van der Waals surface area contributed by atoms with Gasteiger partial charge in [0.05, 0.1) is 4.92 Å². The number of hydrogen-bond acceptors (Lipinski definition) is 3. The summed E-state index contributed by atoms with van der Waals surface area (Å²) in [5, 5.41) is 10.4. The Kier molecular flexibility index (Phi) is 2.59. The predicted octanol–water partition coefficient (Wildman–Crippen LogP) is 0.930. The number of nitrogens with zero attached hydrogens (tertiary/aromatic N) is 2. The number of nitro benzene ring substituents is 1. The van der Waals surface area contributed by atoms with E-state index in [1.807, 2.05) is 0 Å². The summed E-state index contributed by atoms with van der Waals surface area (Å²) in [5.74, 6) is 0.295. The van der Waals surface area contributed by atoms with Crippen molar-refractivity contribution < 1.29 is 4.92 Å². The Hall–Kier alpha value is -1.91. The molecule has 13 heavy (non-hydrogen) atoms. The monoisotopic (exact) mass is 179 g/mol. The van der Waals surface area contributed by atoms with E-state index < -0.39 is 4.92 Å². The highest BCUT2D eigenvalue weighted by atomic mass is 16.6. The zero-order chi connectivity index (χ0) is 9.84. The zero-order valence-corrected chi connectivity index (χ0v) is 7.10. The van der Waals surface area contributed by atoms with E-state index in [-0.39, 0.29) is 5.69 Å². The van der Waals surface area contributed by atoms with Gasteiger partial charge in [0.2, 0.25) is 0 Å². The lowest BCUT2D eigenvalue weighted by Crippen LogP contribution is -2.12. The van der Waals surface area contributed by atoms with Gasteiger partial charge in [-0.3, -0.25) is 15.1 Å². The van der Waals surface area contributed by atoms with Gasteiger partial charge in [-0.2, -0.15) is 0 Å². The fourth-order valence-electron chi connectivity index (χ4n) is 0.908. The molecule has 0 amide bonds. The number of hydrogen-bond donors (Lipinski definition) is 1. The summed E-state index contributed by atoms with van der Waals surface area (Å²) >= 11 is 0. The highest BCUT2D eigenvalue weighted by Gasteiger charge is 2.06. The first kappa shape index (κ1) is 9.18. The third-order valence-corrected chi connectivity index (χ3v) is 1.59. The molecule has 68 valence electrons. The molecule has 0 aromatic heterocycles. The average Bonchev–Trinajstić information content (AvgIpc) is 2.17. The summed E-state index contributed by atoms with van der Waals surface area (Å²) in [4.78, 5) is 13.7. The molecule has 0 aliphatic carbocycles. The zero-order valence-electron chi connectivity index (χ0n) is 7.10. The van der Waals surface area contributed by atoms with E-state index in [0.717, 1.165) is 0 Å². The maximum absolute atomic E-state index is 10.4. The van der Waals surface area contributed by atoms with E-state index >= 15 is 0 Å². The van der Waals surface area contributed by atoms with Gasteiger partial charge in [0, 0.05) is 24.7 Å². The van der Waals surface area contributed by atoms with Crippen molar-refractivity contribution in [3.8, 4) is 0 Å². The van der Waals surface area contributed by atoms with Crippen molar-refractivity contribution in [2.24, 2.45) is 10.7 Å². The lowest BCUT2D eigenvalue weighted by molar-refractivity contribution is -0.384. The maximum atomic E-state index is 10.4. The molecule has 0 saturated carbocycles. The molecule has 1 aromatic carbocycles. The molecule has 0 bridgehead atoms. The molecule has 0 heterocycles. The van der Waals surface area contributed by atoms with Gasteiger partial charge in [-0.05, 0) is 0 Å². The number of nitrogens with two attached hydrogens (primary N) is 1. The normalized spacial score (nSPS) is 11.3. The number of aliphatic imine (C=N–C) groups is 1. The Morgan fingerprint density at radius 2 is 2.31 bits per heavy atom. The number of non-ortho nitro benzene ring substituents is 1. The van der Waals surface area contributed by atoms with Crippen molar-refractivity contribution in [1.29, 1.82) is 0 Å². The Morgan fingerprint density at radius 3 is 2.85 bits per heavy atom. The quantitative estimate of drug-likeness (QED) is 0.317. The van der Waals surface area contributed by atoms with Crippen LogP contribution in [0.2, 0.25) is 0 Å². The second kappa shape index (κ2) is 3.66. The van der Waals surface area contributed by atoms with Crippen LogP contribution in [0.3, 0.4) is 0 Å². The molecule has 5 nitrogen and oxygen atoms in total. The summed E-state index contributed by atoms with van der Waals surface area (Å²) in [6.07, 6.45) is 0. The molecule has 0 aliphatic rings. The second-order valence-corrected chi connectivity index (χ2v) is 2.42. The van der Waals surface area contributed by atoms with Crippen LogP contribution in [0.25, 0.3) is 0 Å². The van der Waals surface area contributed by atoms with Crippen LogP contribution in [0.5, 0.6) is 0 Å². The van der Waals surface area contributed by atoms with Crippen LogP contribution in [0.1, 0.15) is 5.56 Å². The molecule has 0 atom stereocenters. The van der Waals surface area contributed by atoms with Gasteiger partial charge in [0.25, 0.3) is 5.69 Å². The van der Waals surface area contributed by atoms with Crippen LogP contribution in [-0.4, -0.2) is 17.8 Å². The number of nitro groups is 1. The molecule has 1 aromatic rings. The molecule has 0 unspecified atom stereocenters. The first-order valence-corrected chi connectivity index (χ1v) is 3.62. The van der Waals surface area contributed by atoms with Gasteiger partial charge in [0.15, 0.2) is 0 Å². The Labute approximate surface area is 75.0 Å². The van der Waals surface area contributed by atoms with E-state index in [9.17, 15) is 10.1 Å². The minimum atomic E-state index is -0.466. The summed E-state index contributed by atoms with van der Waals surface area (Å²) < 4.78 is 0. The van der Waals surface area contributed by atoms with Crippen molar-refractivity contribution in [3.63, 3.8) is 0 Å². The van der Waals surface area contributed by atoms with Crippen LogP contribution < -0.4 is 5.73 Å². The Morgan fingerprint density at radius 1 is 1.62 bits per heavy atom. The summed E-state index contributed by atoms with van der Waals surface area (Å²) in [6.45, 7) is 0. The van der Waals surface area contributed by atoms with E-state index in [2.05, 4.69) is 4.99 Å². The number of amidine groups is 1. The predicted molar refractivity (Wildman–Crippen MR) is 49.7 cm³/mol. The largest absolute Gasteiger partial charge is 0.384 e. The third-order valence-electron chi connectivity index (χ3n) is 1.59. The van der Waals surface area contributed by atoms with Gasteiger partial charge < -0.3 is 5.73 Å². The van der Waals surface area contributed by atoms with Crippen molar-refractivity contribution in [1.82, 2.24) is 0 Å². The Balaban J connectivity index is 3.13. The molecule has 0 aliphatic heterocycles. The topological polar surface area (TPSA) is 81.5 Å². The van der Waals surface area contributed by atoms with E-state index in [1.54, 1.807) is 12.1 Å². The molecule has 1 rings (SSSR count). The third kappa shape index (κ3) is 2.02. The van der Waals surface area contributed by atoms with Gasteiger partial charge in [-0.25, -0.2) is 0 Å². The SMILES string of the molecule is CN=C(N)c1cccc([N+](=O)[O-])c1. The van der Waals surface area contributed by atoms with Gasteiger partial charge in [-0.15, -0.1) is 0 Å². The van der Waals surface area contributed by atoms with E-state index in [4.69, 9.17) is 5.73 Å². The fourth-order valence-corrected chi connectivity index (χ4v) is 0.908. The lowest BCUT2D eigenvalue weighted by atomic mass is 10.2. The lowest BCUT2D eigenvalue weighted by Gasteiger charge is -1.98. The van der Waals surface area contributed by atoms with Gasteiger partial charge in [0.1, 0.15) is 5.84 Å². The minimum Gasteiger partial charge on any atom is -0.384 e. The summed E-state index contributed by atoms with van der Waals surface area (Å²) in [7, 11) is 1.54. The molecule has 5 heteroatoms. The van der Waals surface area contributed by atoms with Crippen LogP contribution >= 0.6 is 0 Å². The second-order valence-electron chi connectivity index (χ2n) is 2.42. The number of rotatable bonds is 2.